The first-order valence-corrected chi connectivity index (χ1v) is 9.63. The molecule has 0 aromatic heterocycles. The molecule has 0 fully saturated rings. The highest BCUT2D eigenvalue weighted by molar-refractivity contribution is 7.89. The van der Waals surface area contributed by atoms with Crippen LogP contribution in [0.25, 0.3) is 0 Å². The zero-order valence-corrected chi connectivity index (χ0v) is 16.5. The highest BCUT2D eigenvalue weighted by Crippen LogP contribution is 2.11. The van der Waals surface area contributed by atoms with Gasteiger partial charge in [0.15, 0.2) is 0 Å². The molecule has 1 aromatic rings. The second-order valence-corrected chi connectivity index (χ2v) is 8.45. The van der Waals surface area contributed by atoms with Gasteiger partial charge in [-0.1, -0.05) is 29.5 Å². The van der Waals surface area contributed by atoms with E-state index in [2.05, 4.69) is 21.9 Å². The molecule has 9 heteroatoms. The van der Waals surface area contributed by atoms with Crippen LogP contribution >= 0.6 is 0 Å². The Labute approximate surface area is 159 Å². The summed E-state index contributed by atoms with van der Waals surface area (Å²) in [6.45, 7) is 6.92. The second kappa shape index (κ2) is 9.39. The Hall–Kier alpha value is -2.57. The van der Waals surface area contributed by atoms with E-state index in [0.717, 1.165) is 5.56 Å². The summed E-state index contributed by atoms with van der Waals surface area (Å²) in [5.74, 6) is 3.75. The van der Waals surface area contributed by atoms with Crippen LogP contribution in [0, 0.1) is 18.8 Å². The topological polar surface area (TPSA) is 122 Å². The molecule has 0 saturated carbocycles. The van der Waals surface area contributed by atoms with Gasteiger partial charge < -0.3 is 15.2 Å². The van der Waals surface area contributed by atoms with Gasteiger partial charge in [0.2, 0.25) is 10.0 Å². The van der Waals surface area contributed by atoms with E-state index in [-0.39, 0.29) is 17.9 Å². The molecule has 8 nitrogen and oxygen atoms in total. The summed E-state index contributed by atoms with van der Waals surface area (Å²) >= 11 is 0. The summed E-state index contributed by atoms with van der Waals surface area (Å²) in [5, 5.41) is 11.6. The van der Waals surface area contributed by atoms with E-state index < -0.39 is 33.7 Å². The van der Waals surface area contributed by atoms with E-state index in [9.17, 15) is 23.1 Å². The number of amides is 1. The second-order valence-electron chi connectivity index (χ2n) is 6.74. The number of rotatable bonds is 6. The number of carboxylic acids is 1. The maximum Gasteiger partial charge on any atom is 0.408 e. The first-order chi connectivity index (χ1) is 12.4. The number of sulfonamides is 1. The number of alkyl carbamates (subject to hydrolysis) is 1. The lowest BCUT2D eigenvalue weighted by Gasteiger charge is -2.19. The first-order valence-electron chi connectivity index (χ1n) is 8.15. The smallest absolute Gasteiger partial charge is 0.408 e. The highest BCUT2D eigenvalue weighted by atomic mass is 32.2. The fourth-order valence-electron chi connectivity index (χ4n) is 1.82. The minimum Gasteiger partial charge on any atom is -0.480 e. The summed E-state index contributed by atoms with van der Waals surface area (Å²) in [7, 11) is -3.99. The number of hydrogen-bond acceptors (Lipinski definition) is 5. The molecular weight excluding hydrogens is 372 g/mol. The third-order valence-corrected chi connectivity index (χ3v) is 4.57. The average Bonchev–Trinajstić information content (AvgIpc) is 2.51. The normalized spacial score (nSPS) is 12.4. The molecule has 0 radical (unpaired) electrons. The van der Waals surface area contributed by atoms with Gasteiger partial charge in [0.05, 0.1) is 11.4 Å². The van der Waals surface area contributed by atoms with Gasteiger partial charge in [-0.3, -0.25) is 4.79 Å². The Morgan fingerprint density at radius 2 is 1.78 bits per heavy atom. The first kappa shape index (κ1) is 22.5. The summed E-state index contributed by atoms with van der Waals surface area (Å²) in [5.41, 5.74) is 0.243. The van der Waals surface area contributed by atoms with Gasteiger partial charge in [-0.2, -0.15) is 4.72 Å². The molecule has 0 aliphatic carbocycles. The van der Waals surface area contributed by atoms with Crippen molar-refractivity contribution in [3.05, 3.63) is 29.8 Å². The molecule has 0 unspecified atom stereocenters. The molecule has 0 heterocycles. The number of benzene rings is 1. The monoisotopic (exact) mass is 396 g/mol. The molecule has 1 rings (SSSR count). The van der Waals surface area contributed by atoms with E-state index >= 15 is 0 Å². The maximum atomic E-state index is 12.3. The molecule has 0 aliphatic heterocycles. The average molecular weight is 396 g/mol. The highest BCUT2D eigenvalue weighted by Gasteiger charge is 2.24. The van der Waals surface area contributed by atoms with Crippen LogP contribution in [0.3, 0.4) is 0 Å². The third kappa shape index (κ3) is 8.57. The Bertz CT molecular complexity index is 829. The summed E-state index contributed by atoms with van der Waals surface area (Å²) in [6, 6.07) is 4.62. The van der Waals surface area contributed by atoms with Crippen LogP contribution < -0.4 is 10.0 Å². The number of aryl methyl sites for hydroxylation is 1. The number of aliphatic carboxylic acids is 1. The van der Waals surface area contributed by atoms with Crippen LogP contribution in [0.5, 0.6) is 0 Å². The molecule has 27 heavy (non-hydrogen) atoms. The molecule has 3 N–H and O–H groups in total. The molecular formula is C18H24N2O6S. The van der Waals surface area contributed by atoms with Gasteiger partial charge in [-0.15, -0.1) is 0 Å². The molecule has 0 spiro atoms. The molecule has 1 atom stereocenters. The third-order valence-electron chi connectivity index (χ3n) is 3.08. The Kier molecular flexibility index (Phi) is 7.82. The van der Waals surface area contributed by atoms with E-state index in [1.165, 1.54) is 12.1 Å². The molecule has 1 amide bonds. The van der Waals surface area contributed by atoms with Gasteiger partial charge >= 0.3 is 12.1 Å². The van der Waals surface area contributed by atoms with Crippen molar-refractivity contribution >= 4 is 22.1 Å². The van der Waals surface area contributed by atoms with E-state index in [1.54, 1.807) is 32.9 Å². The van der Waals surface area contributed by atoms with Gasteiger partial charge in [-0.25, -0.2) is 13.2 Å². The lowest BCUT2D eigenvalue weighted by molar-refractivity contribution is -0.138. The van der Waals surface area contributed by atoms with Crippen molar-refractivity contribution in [2.45, 2.75) is 50.7 Å². The quantitative estimate of drug-likeness (QED) is 0.629. The summed E-state index contributed by atoms with van der Waals surface area (Å²) in [4.78, 5) is 22.7. The lowest BCUT2D eigenvalue weighted by atomic mass is 10.2. The van der Waals surface area contributed by atoms with Crippen LogP contribution in [0.4, 0.5) is 4.79 Å². The molecule has 148 valence electrons. The van der Waals surface area contributed by atoms with Crippen molar-refractivity contribution < 1.29 is 27.9 Å². The van der Waals surface area contributed by atoms with Gasteiger partial charge in [0, 0.05) is 6.42 Å². The van der Waals surface area contributed by atoms with Crippen molar-refractivity contribution in [2.75, 3.05) is 6.54 Å². The van der Waals surface area contributed by atoms with Crippen LogP contribution in [-0.2, 0) is 19.6 Å². The SMILES string of the molecule is Cc1ccc(S(=O)(=O)N[C@@H](CC#CCNC(=O)OC(C)(C)C)C(=O)O)cc1. The van der Waals surface area contributed by atoms with Crippen LogP contribution in [-0.4, -0.2) is 43.8 Å². The predicted molar refractivity (Wildman–Crippen MR) is 99.6 cm³/mol. The summed E-state index contributed by atoms with van der Waals surface area (Å²) in [6.07, 6.45) is -0.900. The molecule has 0 aliphatic rings. The summed E-state index contributed by atoms with van der Waals surface area (Å²) < 4.78 is 31.7. The lowest BCUT2D eigenvalue weighted by Crippen LogP contribution is -2.40. The predicted octanol–water partition coefficient (Wildman–Crippen LogP) is 1.64. The van der Waals surface area contributed by atoms with E-state index in [1.807, 2.05) is 6.92 Å². The number of carbonyl (C=O) groups is 2. The fraction of sp³-hybridized carbons (Fsp3) is 0.444. The largest absolute Gasteiger partial charge is 0.480 e. The van der Waals surface area contributed by atoms with E-state index in [0.29, 0.717) is 0 Å². The minimum atomic E-state index is -3.99. The zero-order chi connectivity index (χ0) is 20.7. The van der Waals surface area contributed by atoms with Crippen molar-refractivity contribution in [2.24, 2.45) is 0 Å². The Morgan fingerprint density at radius 3 is 2.30 bits per heavy atom. The number of ether oxygens (including phenoxy) is 1. The maximum absolute atomic E-state index is 12.3. The van der Waals surface area contributed by atoms with Gasteiger partial charge in [0.1, 0.15) is 11.6 Å². The van der Waals surface area contributed by atoms with Crippen molar-refractivity contribution in [1.29, 1.82) is 0 Å². The molecule has 0 saturated heterocycles. The minimum absolute atomic E-state index is 0.0288. The van der Waals surface area contributed by atoms with Crippen LogP contribution in [0.15, 0.2) is 29.2 Å². The van der Waals surface area contributed by atoms with Gasteiger partial charge in [0.25, 0.3) is 0 Å². The van der Waals surface area contributed by atoms with E-state index in [4.69, 9.17) is 4.74 Å². The number of carboxylic acid groups (broad SMARTS) is 1. The number of nitrogens with one attached hydrogen (secondary N) is 2. The Balaban J connectivity index is 2.64. The standard InChI is InChI=1S/C18H24N2O6S/c1-13-8-10-14(11-9-13)27(24,25)20-15(16(21)22)7-5-6-12-19-17(23)26-18(2,3)4/h8-11,15,20H,7,12H2,1-4H3,(H,19,23)(H,21,22)/t15-/m0/s1. The molecule has 0 bridgehead atoms. The van der Waals surface area contributed by atoms with Crippen molar-refractivity contribution in [1.82, 2.24) is 10.0 Å². The van der Waals surface area contributed by atoms with Crippen LogP contribution in [0.1, 0.15) is 32.8 Å². The molecule has 1 aromatic carbocycles. The van der Waals surface area contributed by atoms with Crippen molar-refractivity contribution in [3.8, 4) is 11.8 Å². The number of hydrogen-bond donors (Lipinski definition) is 3. The van der Waals surface area contributed by atoms with Gasteiger partial charge in [-0.05, 0) is 39.8 Å². The Morgan fingerprint density at radius 1 is 1.19 bits per heavy atom. The zero-order valence-electron chi connectivity index (χ0n) is 15.7. The van der Waals surface area contributed by atoms with Crippen molar-refractivity contribution in [3.63, 3.8) is 0 Å². The number of carbonyl (C=O) groups excluding carboxylic acids is 1. The fourth-order valence-corrected chi connectivity index (χ4v) is 3.01. The van der Waals surface area contributed by atoms with Crippen LogP contribution in [0.2, 0.25) is 0 Å².